The molecule has 0 bridgehead atoms. The van der Waals surface area contributed by atoms with Crippen LogP contribution in [0.2, 0.25) is 0 Å². The van der Waals surface area contributed by atoms with Crippen LogP contribution in [-0.2, 0) is 0 Å². The summed E-state index contributed by atoms with van der Waals surface area (Å²) in [5, 5.41) is 6.36. The smallest absolute Gasteiger partial charge is 0.251 e. The van der Waals surface area contributed by atoms with Crippen molar-refractivity contribution in [1.82, 2.24) is 10.6 Å². The van der Waals surface area contributed by atoms with Crippen LogP contribution in [-0.4, -0.2) is 24.5 Å². The van der Waals surface area contributed by atoms with Gasteiger partial charge >= 0.3 is 0 Å². The lowest BCUT2D eigenvalue weighted by Gasteiger charge is -2.23. The summed E-state index contributed by atoms with van der Waals surface area (Å²) in [5.74, 6) is 0.644. The first-order chi connectivity index (χ1) is 8.96. The standard InChI is InChI=1S/C16H24N2O.ClH/c1-16(2,3)18-15(19)14-6-4-12(5-7-14)13-8-10-17-11-9-13;/h4-7,13,17H,8-11H2,1-3H3,(H,18,19);1H. The van der Waals surface area contributed by atoms with Gasteiger partial charge in [-0.3, -0.25) is 4.79 Å². The highest BCUT2D eigenvalue weighted by Crippen LogP contribution is 2.25. The Bertz CT molecular complexity index is 431. The fraction of sp³-hybridized carbons (Fsp3) is 0.562. The minimum absolute atomic E-state index is 0. The molecule has 0 spiro atoms. The van der Waals surface area contributed by atoms with E-state index in [2.05, 4.69) is 22.8 Å². The molecule has 3 nitrogen and oxygen atoms in total. The van der Waals surface area contributed by atoms with E-state index < -0.39 is 0 Å². The lowest BCUT2D eigenvalue weighted by Crippen LogP contribution is -2.40. The molecular formula is C16H25ClN2O. The molecule has 1 aromatic carbocycles. The van der Waals surface area contributed by atoms with Gasteiger partial charge in [-0.2, -0.15) is 0 Å². The Morgan fingerprint density at radius 3 is 2.20 bits per heavy atom. The molecule has 0 atom stereocenters. The van der Waals surface area contributed by atoms with Crippen molar-refractivity contribution in [2.24, 2.45) is 0 Å². The quantitative estimate of drug-likeness (QED) is 0.880. The van der Waals surface area contributed by atoms with Crippen LogP contribution in [0, 0.1) is 0 Å². The molecule has 2 N–H and O–H groups in total. The fourth-order valence-electron chi connectivity index (χ4n) is 2.47. The highest BCUT2D eigenvalue weighted by molar-refractivity contribution is 5.94. The van der Waals surface area contributed by atoms with E-state index >= 15 is 0 Å². The van der Waals surface area contributed by atoms with Gasteiger partial charge < -0.3 is 10.6 Å². The molecule has 1 aromatic rings. The number of nitrogens with one attached hydrogen (secondary N) is 2. The van der Waals surface area contributed by atoms with Crippen molar-refractivity contribution in [3.8, 4) is 0 Å². The van der Waals surface area contributed by atoms with E-state index in [0.29, 0.717) is 5.92 Å². The number of carbonyl (C=O) groups is 1. The van der Waals surface area contributed by atoms with Crippen LogP contribution in [0.1, 0.15) is 55.5 Å². The number of benzene rings is 1. The van der Waals surface area contributed by atoms with Crippen LogP contribution in [0.5, 0.6) is 0 Å². The van der Waals surface area contributed by atoms with Gasteiger partial charge in [0.1, 0.15) is 0 Å². The molecule has 0 saturated carbocycles. The van der Waals surface area contributed by atoms with Crippen LogP contribution in [0.15, 0.2) is 24.3 Å². The maximum atomic E-state index is 12.0. The maximum Gasteiger partial charge on any atom is 0.251 e. The predicted molar refractivity (Wildman–Crippen MR) is 85.8 cm³/mol. The van der Waals surface area contributed by atoms with Gasteiger partial charge in [-0.05, 0) is 70.3 Å². The molecule has 0 aliphatic carbocycles. The molecule has 1 aliphatic heterocycles. The summed E-state index contributed by atoms with van der Waals surface area (Å²) in [7, 11) is 0. The normalized spacial score (nSPS) is 16.4. The van der Waals surface area contributed by atoms with Crippen LogP contribution in [0.4, 0.5) is 0 Å². The summed E-state index contributed by atoms with van der Waals surface area (Å²) in [6.45, 7) is 8.17. The number of piperidine rings is 1. The molecule has 0 unspecified atom stereocenters. The summed E-state index contributed by atoms with van der Waals surface area (Å²) < 4.78 is 0. The second-order valence-corrected chi connectivity index (χ2v) is 6.35. The Kier molecular flexibility index (Phi) is 6.03. The summed E-state index contributed by atoms with van der Waals surface area (Å²) in [6, 6.07) is 8.10. The fourth-order valence-corrected chi connectivity index (χ4v) is 2.47. The van der Waals surface area contributed by atoms with Crippen LogP contribution < -0.4 is 10.6 Å². The molecule has 1 saturated heterocycles. The minimum Gasteiger partial charge on any atom is -0.347 e. The molecule has 1 heterocycles. The number of halogens is 1. The highest BCUT2D eigenvalue weighted by Gasteiger charge is 2.17. The monoisotopic (exact) mass is 296 g/mol. The minimum atomic E-state index is -0.190. The van der Waals surface area contributed by atoms with Crippen molar-refractivity contribution in [3.05, 3.63) is 35.4 Å². The number of rotatable bonds is 2. The molecular weight excluding hydrogens is 272 g/mol. The van der Waals surface area contributed by atoms with Crippen LogP contribution >= 0.6 is 12.4 Å². The van der Waals surface area contributed by atoms with Crippen molar-refractivity contribution in [3.63, 3.8) is 0 Å². The lowest BCUT2D eigenvalue weighted by molar-refractivity contribution is 0.0919. The summed E-state index contributed by atoms with van der Waals surface area (Å²) in [4.78, 5) is 12.0. The second kappa shape index (κ2) is 7.09. The molecule has 0 aromatic heterocycles. The Labute approximate surface area is 127 Å². The van der Waals surface area contributed by atoms with E-state index in [4.69, 9.17) is 0 Å². The Balaban J connectivity index is 0.00000200. The number of hydrogen-bond donors (Lipinski definition) is 2. The topological polar surface area (TPSA) is 41.1 Å². The van der Waals surface area contributed by atoms with E-state index in [0.717, 1.165) is 18.7 Å². The van der Waals surface area contributed by atoms with E-state index in [1.807, 2.05) is 32.9 Å². The van der Waals surface area contributed by atoms with Gasteiger partial charge in [0.2, 0.25) is 0 Å². The van der Waals surface area contributed by atoms with Gasteiger partial charge in [0.05, 0.1) is 0 Å². The van der Waals surface area contributed by atoms with Gasteiger partial charge in [0.15, 0.2) is 0 Å². The maximum absolute atomic E-state index is 12.0. The average Bonchev–Trinajstić information content (AvgIpc) is 2.38. The second-order valence-electron chi connectivity index (χ2n) is 6.35. The van der Waals surface area contributed by atoms with E-state index in [1.54, 1.807) is 0 Å². The molecule has 112 valence electrons. The molecule has 1 aliphatic rings. The third-order valence-electron chi connectivity index (χ3n) is 3.47. The van der Waals surface area contributed by atoms with Gasteiger partial charge in [0.25, 0.3) is 5.91 Å². The van der Waals surface area contributed by atoms with Crippen molar-refractivity contribution < 1.29 is 4.79 Å². The highest BCUT2D eigenvalue weighted by atomic mass is 35.5. The molecule has 0 radical (unpaired) electrons. The van der Waals surface area contributed by atoms with Crippen LogP contribution in [0.3, 0.4) is 0 Å². The van der Waals surface area contributed by atoms with E-state index in [9.17, 15) is 4.79 Å². The summed E-state index contributed by atoms with van der Waals surface area (Å²) in [6.07, 6.45) is 2.38. The largest absolute Gasteiger partial charge is 0.347 e. The van der Waals surface area contributed by atoms with Crippen molar-refractivity contribution in [1.29, 1.82) is 0 Å². The SMILES string of the molecule is CC(C)(C)NC(=O)c1ccc(C2CCNCC2)cc1.Cl. The van der Waals surface area contributed by atoms with Crippen LogP contribution in [0.25, 0.3) is 0 Å². The van der Waals surface area contributed by atoms with E-state index in [1.165, 1.54) is 18.4 Å². The number of carbonyl (C=O) groups excluding carboxylic acids is 1. The van der Waals surface area contributed by atoms with E-state index in [-0.39, 0.29) is 23.9 Å². The molecule has 4 heteroatoms. The number of amides is 1. The van der Waals surface area contributed by atoms with Gasteiger partial charge in [-0.15, -0.1) is 12.4 Å². The zero-order chi connectivity index (χ0) is 13.9. The van der Waals surface area contributed by atoms with Gasteiger partial charge in [-0.25, -0.2) is 0 Å². The van der Waals surface area contributed by atoms with Crippen molar-refractivity contribution in [2.75, 3.05) is 13.1 Å². The zero-order valence-corrected chi connectivity index (χ0v) is 13.3. The zero-order valence-electron chi connectivity index (χ0n) is 12.5. The van der Waals surface area contributed by atoms with Crippen molar-refractivity contribution >= 4 is 18.3 Å². The third-order valence-corrected chi connectivity index (χ3v) is 3.47. The molecule has 20 heavy (non-hydrogen) atoms. The average molecular weight is 297 g/mol. The Hall–Kier alpha value is -1.06. The molecule has 2 rings (SSSR count). The first-order valence-electron chi connectivity index (χ1n) is 7.09. The molecule has 1 amide bonds. The lowest BCUT2D eigenvalue weighted by atomic mass is 9.90. The number of hydrogen-bond acceptors (Lipinski definition) is 2. The Morgan fingerprint density at radius 1 is 1.15 bits per heavy atom. The Morgan fingerprint density at radius 2 is 1.70 bits per heavy atom. The first-order valence-corrected chi connectivity index (χ1v) is 7.09. The third kappa shape index (κ3) is 4.80. The summed E-state index contributed by atoms with van der Waals surface area (Å²) >= 11 is 0. The summed E-state index contributed by atoms with van der Waals surface area (Å²) in [5.41, 5.74) is 1.91. The molecule has 1 fully saturated rings. The first kappa shape index (κ1) is 17.0. The predicted octanol–water partition coefficient (Wildman–Crippen LogP) is 3.10. The van der Waals surface area contributed by atoms with Gasteiger partial charge in [-0.1, -0.05) is 12.1 Å². The van der Waals surface area contributed by atoms with Gasteiger partial charge in [0, 0.05) is 11.1 Å². The van der Waals surface area contributed by atoms with Crippen molar-refractivity contribution in [2.45, 2.75) is 45.1 Å².